The summed E-state index contributed by atoms with van der Waals surface area (Å²) in [5, 5.41) is 15.9. The number of carbonyl (C=O) groups excluding carboxylic acids is 1. The normalized spacial score (nSPS) is 12.6. The third kappa shape index (κ3) is 4.76. The van der Waals surface area contributed by atoms with Crippen molar-refractivity contribution in [3.05, 3.63) is 50.1 Å². The van der Waals surface area contributed by atoms with E-state index in [1.165, 1.54) is 24.3 Å². The Morgan fingerprint density at radius 1 is 1.31 bits per heavy atom. The number of fused-ring (bicyclic) bond motifs is 1. The Kier molecular flexibility index (Phi) is 6.24. The number of nitrogens with zero attached hydrogens (tertiary/aromatic N) is 3. The molecule has 0 aliphatic carbocycles. The Morgan fingerprint density at radius 3 is 2.69 bits per heavy atom. The van der Waals surface area contributed by atoms with Crippen molar-refractivity contribution in [3.8, 4) is 0 Å². The van der Waals surface area contributed by atoms with Crippen molar-refractivity contribution in [2.75, 3.05) is 13.2 Å². The number of hydrogen-bond acceptors (Lipinski definition) is 8. The number of amides is 1. The Bertz CT molecular complexity index is 1260. The maximum Gasteiger partial charge on any atom is 0.324 e. The number of nitro groups is 1. The Morgan fingerprint density at radius 2 is 2.07 bits per heavy atom. The number of primary sulfonamides is 1. The molecule has 13 heteroatoms. The fraction of sp³-hybridized carbons (Fsp3) is 0.250. The first-order valence-corrected chi connectivity index (χ1v) is 11.5. The molecular weight excluding hydrogens is 440 g/mol. The second-order valence-corrected chi connectivity index (χ2v) is 9.35. The van der Waals surface area contributed by atoms with Gasteiger partial charge in [-0.2, -0.15) is 4.99 Å². The lowest BCUT2D eigenvalue weighted by atomic mass is 10.3. The fourth-order valence-electron chi connectivity index (χ4n) is 2.51. The van der Waals surface area contributed by atoms with Crippen LogP contribution in [0.25, 0.3) is 10.2 Å². The standard InChI is InChI=1S/C16H16N4O6S3/c1-2-26-8-7-19-11-4-3-10(29(17,24)25)9-13(11)28-16(19)18-15(21)12-5-6-14(27-12)20(22)23/h3-6,9H,2,7-8H2,1H3,(H2,17,24,25). The molecule has 0 fully saturated rings. The van der Waals surface area contributed by atoms with Crippen LogP contribution in [0.2, 0.25) is 0 Å². The molecule has 3 aromatic rings. The van der Waals surface area contributed by atoms with E-state index in [2.05, 4.69) is 4.99 Å². The molecule has 29 heavy (non-hydrogen) atoms. The maximum atomic E-state index is 12.5. The highest BCUT2D eigenvalue weighted by Crippen LogP contribution is 2.25. The number of benzene rings is 1. The van der Waals surface area contributed by atoms with E-state index in [0.29, 0.717) is 34.8 Å². The molecule has 0 bridgehead atoms. The minimum absolute atomic E-state index is 0.0463. The third-order valence-electron chi connectivity index (χ3n) is 3.83. The lowest BCUT2D eigenvalue weighted by Gasteiger charge is -2.05. The van der Waals surface area contributed by atoms with E-state index in [1.54, 1.807) is 10.6 Å². The van der Waals surface area contributed by atoms with Gasteiger partial charge in [0.15, 0.2) is 4.80 Å². The van der Waals surface area contributed by atoms with Crippen molar-refractivity contribution in [2.45, 2.75) is 18.4 Å². The van der Waals surface area contributed by atoms with Gasteiger partial charge in [0.25, 0.3) is 5.91 Å². The van der Waals surface area contributed by atoms with Crippen LogP contribution in [-0.2, 0) is 21.3 Å². The molecule has 2 aromatic heterocycles. The van der Waals surface area contributed by atoms with Gasteiger partial charge in [-0.1, -0.05) is 22.7 Å². The van der Waals surface area contributed by atoms with Crippen LogP contribution in [0.1, 0.15) is 16.6 Å². The van der Waals surface area contributed by atoms with Crippen LogP contribution in [0.5, 0.6) is 0 Å². The largest absolute Gasteiger partial charge is 0.380 e. The SMILES string of the molecule is CCOCCn1c(=NC(=O)c2ccc([N+](=O)[O-])s2)sc2cc(S(N)(=O)=O)ccc21. The molecule has 1 aromatic carbocycles. The summed E-state index contributed by atoms with van der Waals surface area (Å²) in [5.74, 6) is -0.619. The molecule has 0 aliphatic heterocycles. The lowest BCUT2D eigenvalue weighted by Crippen LogP contribution is -2.19. The number of nitrogens with two attached hydrogens (primary N) is 1. The van der Waals surface area contributed by atoms with Crippen LogP contribution in [0, 0.1) is 10.1 Å². The van der Waals surface area contributed by atoms with Crippen LogP contribution in [-0.4, -0.2) is 37.0 Å². The first kappa shape index (κ1) is 21.3. The van der Waals surface area contributed by atoms with Crippen molar-refractivity contribution >= 4 is 53.8 Å². The van der Waals surface area contributed by atoms with Crippen molar-refractivity contribution in [3.63, 3.8) is 0 Å². The molecule has 2 heterocycles. The van der Waals surface area contributed by atoms with E-state index < -0.39 is 20.9 Å². The summed E-state index contributed by atoms with van der Waals surface area (Å²) in [6.07, 6.45) is 0. The highest BCUT2D eigenvalue weighted by atomic mass is 32.2. The van der Waals surface area contributed by atoms with Crippen molar-refractivity contribution in [1.82, 2.24) is 4.57 Å². The number of aromatic nitrogens is 1. The van der Waals surface area contributed by atoms with Crippen molar-refractivity contribution in [2.24, 2.45) is 10.1 Å². The van der Waals surface area contributed by atoms with E-state index >= 15 is 0 Å². The summed E-state index contributed by atoms with van der Waals surface area (Å²) in [4.78, 5) is 27.3. The lowest BCUT2D eigenvalue weighted by molar-refractivity contribution is -0.380. The number of ether oxygens (including phenoxy) is 1. The van der Waals surface area contributed by atoms with Gasteiger partial charge < -0.3 is 9.30 Å². The molecule has 0 spiro atoms. The van der Waals surface area contributed by atoms with Gasteiger partial charge in [0.1, 0.15) is 4.88 Å². The van der Waals surface area contributed by atoms with E-state index in [1.807, 2.05) is 6.92 Å². The molecule has 2 N–H and O–H groups in total. The molecule has 3 rings (SSSR count). The molecule has 0 atom stereocenters. The van der Waals surface area contributed by atoms with Crippen LogP contribution in [0.4, 0.5) is 5.00 Å². The highest BCUT2D eigenvalue weighted by Gasteiger charge is 2.17. The minimum atomic E-state index is -3.88. The number of carbonyl (C=O) groups is 1. The summed E-state index contributed by atoms with van der Waals surface area (Å²) in [5.41, 5.74) is 0.672. The van der Waals surface area contributed by atoms with Gasteiger partial charge in [0.2, 0.25) is 10.0 Å². The summed E-state index contributed by atoms with van der Waals surface area (Å²) >= 11 is 1.86. The molecule has 0 unspecified atom stereocenters. The number of sulfonamides is 1. The number of hydrogen-bond donors (Lipinski definition) is 1. The first-order chi connectivity index (χ1) is 13.7. The Labute approximate surface area is 173 Å². The second kappa shape index (κ2) is 8.51. The van der Waals surface area contributed by atoms with Crippen LogP contribution < -0.4 is 9.94 Å². The molecule has 10 nitrogen and oxygen atoms in total. The van der Waals surface area contributed by atoms with Crippen molar-refractivity contribution in [1.29, 1.82) is 0 Å². The number of thiazole rings is 1. The maximum absolute atomic E-state index is 12.5. The smallest absolute Gasteiger partial charge is 0.324 e. The van der Waals surface area contributed by atoms with Gasteiger partial charge in [-0.05, 0) is 31.2 Å². The van der Waals surface area contributed by atoms with Gasteiger partial charge in [-0.25, -0.2) is 13.6 Å². The molecule has 0 aliphatic rings. The second-order valence-electron chi connectivity index (χ2n) is 5.72. The highest BCUT2D eigenvalue weighted by molar-refractivity contribution is 7.89. The zero-order chi connectivity index (χ0) is 21.2. The first-order valence-electron chi connectivity index (χ1n) is 8.28. The average molecular weight is 457 g/mol. The molecule has 0 saturated heterocycles. The van der Waals surface area contributed by atoms with Gasteiger partial charge in [-0.3, -0.25) is 14.9 Å². The van der Waals surface area contributed by atoms with Gasteiger partial charge in [0.05, 0.1) is 26.6 Å². The third-order valence-corrected chi connectivity index (χ3v) is 6.80. The van der Waals surface area contributed by atoms with Gasteiger partial charge >= 0.3 is 5.00 Å². The molecule has 1 amide bonds. The van der Waals surface area contributed by atoms with E-state index in [-0.39, 0.29) is 14.8 Å². The monoisotopic (exact) mass is 456 g/mol. The van der Waals surface area contributed by atoms with Crippen LogP contribution in [0.3, 0.4) is 0 Å². The van der Waals surface area contributed by atoms with Crippen LogP contribution >= 0.6 is 22.7 Å². The summed E-state index contributed by atoms with van der Waals surface area (Å²) < 4.78 is 30.9. The van der Waals surface area contributed by atoms with Gasteiger partial charge in [-0.15, -0.1) is 0 Å². The van der Waals surface area contributed by atoms with Gasteiger partial charge in [0, 0.05) is 19.2 Å². The van der Waals surface area contributed by atoms with Crippen LogP contribution in [0.15, 0.2) is 40.2 Å². The Hall–Kier alpha value is -2.45. The summed E-state index contributed by atoms with van der Waals surface area (Å²) in [7, 11) is -3.88. The zero-order valence-electron chi connectivity index (χ0n) is 15.1. The summed E-state index contributed by atoms with van der Waals surface area (Å²) in [6, 6.07) is 7.00. The van der Waals surface area contributed by atoms with Crippen molar-refractivity contribution < 1.29 is 22.9 Å². The molecule has 0 radical (unpaired) electrons. The minimum Gasteiger partial charge on any atom is -0.380 e. The van der Waals surface area contributed by atoms with E-state index in [0.717, 1.165) is 22.7 Å². The van der Waals surface area contributed by atoms with E-state index in [4.69, 9.17) is 9.88 Å². The quantitative estimate of drug-likeness (QED) is 0.327. The molecular formula is C16H16N4O6S3. The molecule has 0 saturated carbocycles. The predicted octanol–water partition coefficient (Wildman–Crippen LogP) is 2.10. The van der Waals surface area contributed by atoms with E-state index in [9.17, 15) is 23.3 Å². The zero-order valence-corrected chi connectivity index (χ0v) is 17.6. The molecule has 154 valence electrons. The predicted molar refractivity (Wildman–Crippen MR) is 109 cm³/mol. The topological polar surface area (TPSA) is 147 Å². The fourth-order valence-corrected chi connectivity index (χ4v) is 4.93. The average Bonchev–Trinajstić information content (AvgIpc) is 3.26. The number of rotatable bonds is 7. The summed E-state index contributed by atoms with van der Waals surface area (Å²) in [6.45, 7) is 3.13. The number of thiophene rings is 1. The Balaban J connectivity index is 2.10.